The highest BCUT2D eigenvalue weighted by molar-refractivity contribution is 7.98. The Morgan fingerprint density at radius 2 is 2.00 bits per heavy atom. The Hall–Kier alpha value is -2.79. The summed E-state index contributed by atoms with van der Waals surface area (Å²) < 4.78 is 29.0. The fourth-order valence-corrected chi connectivity index (χ4v) is 2.51. The SMILES string of the molecule is CSc1ncc2cc(C#N)c(=O)n(-c3c(F)cccc3F)c2n1. The van der Waals surface area contributed by atoms with Crippen molar-refractivity contribution in [2.75, 3.05) is 6.26 Å². The van der Waals surface area contributed by atoms with Gasteiger partial charge in [-0.1, -0.05) is 17.8 Å². The number of nitriles is 1. The molecule has 0 aliphatic heterocycles. The van der Waals surface area contributed by atoms with E-state index in [0.717, 1.165) is 16.7 Å². The van der Waals surface area contributed by atoms with Gasteiger partial charge in [0.25, 0.3) is 5.56 Å². The first kappa shape index (κ1) is 15.1. The highest BCUT2D eigenvalue weighted by atomic mass is 32.2. The van der Waals surface area contributed by atoms with Gasteiger partial charge in [0.05, 0.1) is 0 Å². The fraction of sp³-hybridized carbons (Fsp3) is 0.0667. The monoisotopic (exact) mass is 330 g/mol. The summed E-state index contributed by atoms with van der Waals surface area (Å²) in [4.78, 5) is 20.7. The molecule has 0 unspecified atom stereocenters. The molecule has 0 N–H and O–H groups in total. The van der Waals surface area contributed by atoms with Crippen molar-refractivity contribution < 1.29 is 8.78 Å². The molecule has 0 aliphatic carbocycles. The number of benzene rings is 1. The Labute approximate surface area is 133 Å². The third kappa shape index (κ3) is 2.45. The average Bonchev–Trinajstić information content (AvgIpc) is 2.55. The van der Waals surface area contributed by atoms with E-state index in [9.17, 15) is 13.6 Å². The molecule has 0 radical (unpaired) electrons. The second-order valence-electron chi connectivity index (χ2n) is 4.52. The first-order chi connectivity index (χ1) is 11.1. The molecule has 0 aliphatic rings. The maximum atomic E-state index is 14.1. The van der Waals surface area contributed by atoms with E-state index in [4.69, 9.17) is 5.26 Å². The number of rotatable bonds is 2. The fourth-order valence-electron chi connectivity index (χ4n) is 2.17. The summed E-state index contributed by atoms with van der Waals surface area (Å²) in [6.07, 6.45) is 3.14. The van der Waals surface area contributed by atoms with Crippen LogP contribution in [-0.2, 0) is 0 Å². The number of aromatic nitrogens is 3. The molecular weight excluding hydrogens is 322 g/mol. The molecule has 0 fully saturated rings. The standard InChI is InChI=1S/C15H8F2N4OS/c1-23-15-19-7-9-5-8(6-18)14(22)21(13(9)20-15)12-10(16)3-2-4-11(12)17/h2-5,7H,1H3. The zero-order chi connectivity index (χ0) is 16.6. The van der Waals surface area contributed by atoms with Crippen LogP contribution < -0.4 is 5.56 Å². The van der Waals surface area contributed by atoms with Crippen molar-refractivity contribution in [3.63, 3.8) is 0 Å². The van der Waals surface area contributed by atoms with Crippen LogP contribution in [0.15, 0.2) is 40.4 Å². The molecule has 0 spiro atoms. The van der Waals surface area contributed by atoms with Crippen LogP contribution in [0.2, 0.25) is 0 Å². The predicted molar refractivity (Wildman–Crippen MR) is 81.5 cm³/mol. The summed E-state index contributed by atoms with van der Waals surface area (Å²) >= 11 is 1.22. The Morgan fingerprint density at radius 3 is 2.61 bits per heavy atom. The smallest absolute Gasteiger partial charge is 0.267 e. The van der Waals surface area contributed by atoms with Crippen LogP contribution in [0, 0.1) is 23.0 Å². The number of thioether (sulfide) groups is 1. The van der Waals surface area contributed by atoms with Gasteiger partial charge in [-0.3, -0.25) is 9.36 Å². The zero-order valence-electron chi connectivity index (χ0n) is 11.7. The van der Waals surface area contributed by atoms with Crippen LogP contribution in [0.1, 0.15) is 5.56 Å². The van der Waals surface area contributed by atoms with E-state index >= 15 is 0 Å². The highest BCUT2D eigenvalue weighted by Gasteiger charge is 2.19. The van der Waals surface area contributed by atoms with Crippen LogP contribution in [0.4, 0.5) is 8.78 Å². The van der Waals surface area contributed by atoms with Gasteiger partial charge in [-0.25, -0.2) is 18.7 Å². The third-order valence-corrected chi connectivity index (χ3v) is 3.74. The topological polar surface area (TPSA) is 71.6 Å². The van der Waals surface area contributed by atoms with Gasteiger partial charge >= 0.3 is 0 Å². The lowest BCUT2D eigenvalue weighted by Crippen LogP contribution is -2.24. The Balaban J connectivity index is 2.54. The van der Waals surface area contributed by atoms with E-state index in [-0.39, 0.29) is 11.2 Å². The van der Waals surface area contributed by atoms with Crippen molar-refractivity contribution in [1.82, 2.24) is 14.5 Å². The molecule has 2 heterocycles. The molecule has 3 aromatic rings. The van der Waals surface area contributed by atoms with Gasteiger partial charge in [-0.05, 0) is 24.5 Å². The Bertz CT molecular complexity index is 1010. The summed E-state index contributed by atoms with van der Waals surface area (Å²) in [6.45, 7) is 0. The van der Waals surface area contributed by atoms with E-state index in [1.54, 1.807) is 12.3 Å². The largest absolute Gasteiger partial charge is 0.274 e. The van der Waals surface area contributed by atoms with Crippen LogP contribution in [0.3, 0.4) is 0 Å². The number of hydrogen-bond donors (Lipinski definition) is 0. The highest BCUT2D eigenvalue weighted by Crippen LogP contribution is 2.22. The summed E-state index contributed by atoms with van der Waals surface area (Å²) in [7, 11) is 0. The lowest BCUT2D eigenvalue weighted by Gasteiger charge is -2.12. The molecule has 0 saturated heterocycles. The predicted octanol–water partition coefficient (Wildman–Crippen LogP) is 2.65. The van der Waals surface area contributed by atoms with E-state index in [1.165, 1.54) is 30.1 Å². The summed E-state index contributed by atoms with van der Waals surface area (Å²) in [6, 6.07) is 6.29. The molecule has 0 atom stereocenters. The molecular formula is C15H8F2N4OS. The van der Waals surface area contributed by atoms with Gasteiger partial charge in [-0.2, -0.15) is 5.26 Å². The van der Waals surface area contributed by atoms with Gasteiger partial charge in [-0.15, -0.1) is 0 Å². The van der Waals surface area contributed by atoms with Crippen LogP contribution in [-0.4, -0.2) is 20.8 Å². The van der Waals surface area contributed by atoms with Gasteiger partial charge in [0.2, 0.25) is 0 Å². The molecule has 0 amide bonds. The third-order valence-electron chi connectivity index (χ3n) is 3.18. The van der Waals surface area contributed by atoms with Crippen molar-refractivity contribution >= 4 is 22.8 Å². The lowest BCUT2D eigenvalue weighted by atomic mass is 10.2. The quantitative estimate of drug-likeness (QED) is 0.533. The summed E-state index contributed by atoms with van der Waals surface area (Å²) in [5, 5.41) is 9.77. The molecule has 3 rings (SSSR count). The normalized spacial score (nSPS) is 10.7. The molecule has 5 nitrogen and oxygen atoms in total. The van der Waals surface area contributed by atoms with Crippen molar-refractivity contribution in [3.05, 3.63) is 58.0 Å². The van der Waals surface area contributed by atoms with Gasteiger partial charge in [0.1, 0.15) is 29.0 Å². The summed E-state index contributed by atoms with van der Waals surface area (Å²) in [5.41, 5.74) is -1.61. The number of hydrogen-bond acceptors (Lipinski definition) is 5. The van der Waals surface area contributed by atoms with Crippen LogP contribution >= 0.6 is 11.8 Å². The molecule has 1 aromatic carbocycles. The average molecular weight is 330 g/mol. The molecule has 2 aromatic heterocycles. The van der Waals surface area contributed by atoms with E-state index in [1.807, 2.05) is 0 Å². The van der Waals surface area contributed by atoms with Crippen LogP contribution in [0.5, 0.6) is 0 Å². The molecule has 0 saturated carbocycles. The number of fused-ring (bicyclic) bond motifs is 1. The van der Waals surface area contributed by atoms with Crippen molar-refractivity contribution in [2.45, 2.75) is 5.16 Å². The number of para-hydroxylation sites is 1. The Morgan fingerprint density at radius 1 is 1.30 bits per heavy atom. The number of nitrogens with zero attached hydrogens (tertiary/aromatic N) is 4. The van der Waals surface area contributed by atoms with E-state index in [0.29, 0.717) is 10.5 Å². The maximum Gasteiger partial charge on any atom is 0.274 e. The van der Waals surface area contributed by atoms with Crippen LogP contribution in [0.25, 0.3) is 16.7 Å². The second-order valence-corrected chi connectivity index (χ2v) is 5.29. The van der Waals surface area contributed by atoms with Gasteiger partial charge < -0.3 is 0 Å². The molecule has 114 valence electrons. The van der Waals surface area contributed by atoms with E-state index in [2.05, 4.69) is 9.97 Å². The number of halogens is 2. The molecule has 8 heteroatoms. The van der Waals surface area contributed by atoms with Crippen molar-refractivity contribution in [2.24, 2.45) is 0 Å². The Kier molecular flexibility index (Phi) is 3.80. The minimum absolute atomic E-state index is 0.0392. The molecule has 23 heavy (non-hydrogen) atoms. The van der Waals surface area contributed by atoms with Gasteiger partial charge in [0.15, 0.2) is 10.8 Å². The first-order valence-corrected chi connectivity index (χ1v) is 7.60. The lowest BCUT2D eigenvalue weighted by molar-refractivity contribution is 0.568. The maximum absolute atomic E-state index is 14.1. The second kappa shape index (κ2) is 5.78. The van der Waals surface area contributed by atoms with Crippen molar-refractivity contribution in [3.8, 4) is 11.8 Å². The molecule has 0 bridgehead atoms. The van der Waals surface area contributed by atoms with E-state index < -0.39 is 22.9 Å². The number of pyridine rings is 1. The van der Waals surface area contributed by atoms with Crippen molar-refractivity contribution in [1.29, 1.82) is 5.26 Å². The summed E-state index contributed by atoms with van der Waals surface area (Å²) in [5.74, 6) is -1.85. The first-order valence-electron chi connectivity index (χ1n) is 6.38. The van der Waals surface area contributed by atoms with Gasteiger partial charge in [0, 0.05) is 11.6 Å². The zero-order valence-corrected chi connectivity index (χ0v) is 12.6. The minimum Gasteiger partial charge on any atom is -0.267 e. The minimum atomic E-state index is -0.923.